The summed E-state index contributed by atoms with van der Waals surface area (Å²) in [6.45, 7) is 4.95. The zero-order valence-corrected chi connectivity index (χ0v) is 8.69. The standard InChI is InChI=1S/C7H11Cl2NO2/c1-4(11)10-5(8)6(9)12-7(10,2)3/h5-6H,1-3H3. The molecule has 0 radical (unpaired) electrons. The topological polar surface area (TPSA) is 29.5 Å². The van der Waals surface area contributed by atoms with Crippen molar-refractivity contribution in [1.82, 2.24) is 4.90 Å². The summed E-state index contributed by atoms with van der Waals surface area (Å²) >= 11 is 11.6. The summed E-state index contributed by atoms with van der Waals surface area (Å²) in [5, 5.41) is 0. The van der Waals surface area contributed by atoms with E-state index in [9.17, 15) is 4.79 Å². The Balaban J connectivity index is 2.89. The molecule has 0 N–H and O–H groups in total. The van der Waals surface area contributed by atoms with Gasteiger partial charge in [-0.25, -0.2) is 0 Å². The Labute approximate surface area is 81.6 Å². The Hall–Kier alpha value is 0.01000. The lowest BCUT2D eigenvalue weighted by molar-refractivity contribution is -0.142. The van der Waals surface area contributed by atoms with Gasteiger partial charge in [0.15, 0.2) is 5.56 Å². The van der Waals surface area contributed by atoms with Crippen LogP contribution in [0.3, 0.4) is 0 Å². The summed E-state index contributed by atoms with van der Waals surface area (Å²) in [6.07, 6.45) is 0. The van der Waals surface area contributed by atoms with Gasteiger partial charge in [-0.15, -0.1) is 0 Å². The number of carbonyl (C=O) groups excluding carboxylic acids is 1. The van der Waals surface area contributed by atoms with Gasteiger partial charge in [-0.1, -0.05) is 23.2 Å². The van der Waals surface area contributed by atoms with E-state index in [4.69, 9.17) is 27.9 Å². The molecule has 0 spiro atoms. The lowest BCUT2D eigenvalue weighted by Crippen LogP contribution is -2.45. The van der Waals surface area contributed by atoms with Crippen LogP contribution in [0.25, 0.3) is 0 Å². The molecule has 1 rings (SSSR count). The van der Waals surface area contributed by atoms with Gasteiger partial charge in [-0.05, 0) is 13.8 Å². The molecule has 1 saturated heterocycles. The molecular formula is C7H11Cl2NO2. The van der Waals surface area contributed by atoms with E-state index in [0.29, 0.717) is 0 Å². The Morgan fingerprint density at radius 2 is 2.00 bits per heavy atom. The second-order valence-corrected chi connectivity index (χ2v) is 4.05. The van der Waals surface area contributed by atoms with E-state index in [-0.39, 0.29) is 5.91 Å². The Morgan fingerprint density at radius 3 is 2.17 bits per heavy atom. The summed E-state index contributed by atoms with van der Waals surface area (Å²) in [5.74, 6) is -0.136. The van der Waals surface area contributed by atoms with Crippen LogP contribution in [0.2, 0.25) is 0 Å². The minimum atomic E-state index is -0.704. The van der Waals surface area contributed by atoms with Crippen molar-refractivity contribution in [2.24, 2.45) is 0 Å². The smallest absolute Gasteiger partial charge is 0.223 e. The molecule has 0 aromatic heterocycles. The zero-order valence-electron chi connectivity index (χ0n) is 7.17. The Kier molecular flexibility index (Phi) is 2.57. The van der Waals surface area contributed by atoms with Crippen LogP contribution in [0.5, 0.6) is 0 Å². The molecule has 0 aliphatic carbocycles. The molecule has 1 amide bonds. The van der Waals surface area contributed by atoms with Crippen LogP contribution in [-0.4, -0.2) is 27.6 Å². The van der Waals surface area contributed by atoms with Crippen molar-refractivity contribution in [3.63, 3.8) is 0 Å². The number of nitrogens with zero attached hydrogens (tertiary/aromatic N) is 1. The quantitative estimate of drug-likeness (QED) is 0.452. The minimum absolute atomic E-state index is 0.136. The third-order valence-electron chi connectivity index (χ3n) is 1.78. The molecule has 3 nitrogen and oxygen atoms in total. The zero-order chi connectivity index (χ0) is 9.52. The number of rotatable bonds is 0. The summed E-state index contributed by atoms with van der Waals surface area (Å²) in [5.41, 5.74) is -1.92. The van der Waals surface area contributed by atoms with Crippen LogP contribution in [0.15, 0.2) is 0 Å². The highest BCUT2D eigenvalue weighted by Gasteiger charge is 2.47. The molecule has 5 heteroatoms. The summed E-state index contributed by atoms with van der Waals surface area (Å²) in [7, 11) is 0. The van der Waals surface area contributed by atoms with Gasteiger partial charge in [-0.2, -0.15) is 0 Å². The van der Waals surface area contributed by atoms with Crippen LogP contribution >= 0.6 is 23.2 Å². The fourth-order valence-electron chi connectivity index (χ4n) is 1.36. The predicted octanol–water partition coefficient (Wildman–Crippen LogP) is 1.73. The van der Waals surface area contributed by atoms with E-state index in [1.54, 1.807) is 13.8 Å². The molecular weight excluding hydrogens is 201 g/mol. The van der Waals surface area contributed by atoms with Gasteiger partial charge in [-0.3, -0.25) is 9.69 Å². The number of hydrogen-bond donors (Lipinski definition) is 0. The van der Waals surface area contributed by atoms with Gasteiger partial charge < -0.3 is 4.74 Å². The largest absolute Gasteiger partial charge is 0.334 e. The molecule has 1 fully saturated rings. The number of ether oxygens (including phenoxy) is 1. The minimum Gasteiger partial charge on any atom is -0.334 e. The van der Waals surface area contributed by atoms with Gasteiger partial charge >= 0.3 is 0 Å². The normalized spacial score (nSPS) is 33.9. The molecule has 0 aromatic carbocycles. The average molecular weight is 212 g/mol. The van der Waals surface area contributed by atoms with Crippen LogP contribution < -0.4 is 0 Å². The monoisotopic (exact) mass is 211 g/mol. The lowest BCUT2D eigenvalue weighted by Gasteiger charge is -2.29. The van der Waals surface area contributed by atoms with Crippen molar-refractivity contribution < 1.29 is 9.53 Å². The van der Waals surface area contributed by atoms with E-state index in [1.165, 1.54) is 11.8 Å². The highest BCUT2D eigenvalue weighted by atomic mass is 35.5. The first-order valence-electron chi connectivity index (χ1n) is 3.62. The van der Waals surface area contributed by atoms with Crippen LogP contribution in [0, 0.1) is 0 Å². The molecule has 2 atom stereocenters. The van der Waals surface area contributed by atoms with Crippen molar-refractivity contribution in [2.45, 2.75) is 37.6 Å². The van der Waals surface area contributed by atoms with E-state index < -0.39 is 16.8 Å². The third-order valence-corrected chi connectivity index (χ3v) is 2.66. The molecule has 1 aliphatic heterocycles. The maximum Gasteiger partial charge on any atom is 0.223 e. The van der Waals surface area contributed by atoms with Gasteiger partial charge in [0.25, 0.3) is 0 Å². The Morgan fingerprint density at radius 1 is 1.50 bits per heavy atom. The van der Waals surface area contributed by atoms with Crippen molar-refractivity contribution >= 4 is 29.1 Å². The second kappa shape index (κ2) is 3.05. The fourth-order valence-corrected chi connectivity index (χ4v) is 2.11. The SMILES string of the molecule is CC(=O)N1C(Cl)C(Cl)OC1(C)C. The Bertz CT molecular complexity index is 208. The lowest BCUT2D eigenvalue weighted by atomic mass is 10.3. The number of hydrogen-bond acceptors (Lipinski definition) is 2. The second-order valence-electron chi connectivity index (χ2n) is 3.18. The van der Waals surface area contributed by atoms with Crippen LogP contribution in [0.1, 0.15) is 20.8 Å². The van der Waals surface area contributed by atoms with Gasteiger partial charge in [0.2, 0.25) is 5.91 Å². The first-order chi connectivity index (χ1) is 5.36. The molecule has 12 heavy (non-hydrogen) atoms. The molecule has 0 saturated carbocycles. The molecule has 2 unspecified atom stereocenters. The van der Waals surface area contributed by atoms with Crippen LogP contribution in [0.4, 0.5) is 0 Å². The molecule has 0 bridgehead atoms. The van der Waals surface area contributed by atoms with Crippen molar-refractivity contribution in [2.75, 3.05) is 0 Å². The number of carbonyl (C=O) groups is 1. The first-order valence-corrected chi connectivity index (χ1v) is 4.49. The highest BCUT2D eigenvalue weighted by Crippen LogP contribution is 2.35. The fraction of sp³-hybridized carbons (Fsp3) is 0.857. The summed E-state index contributed by atoms with van der Waals surface area (Å²) < 4.78 is 5.27. The molecule has 1 heterocycles. The molecule has 1 aliphatic rings. The third kappa shape index (κ3) is 1.53. The van der Waals surface area contributed by atoms with E-state index >= 15 is 0 Å². The van der Waals surface area contributed by atoms with E-state index in [0.717, 1.165) is 0 Å². The average Bonchev–Trinajstić information content (AvgIpc) is 2.01. The summed E-state index contributed by atoms with van der Waals surface area (Å²) in [4.78, 5) is 12.5. The van der Waals surface area contributed by atoms with Crippen molar-refractivity contribution in [3.8, 4) is 0 Å². The first kappa shape index (κ1) is 10.1. The van der Waals surface area contributed by atoms with Crippen molar-refractivity contribution in [1.29, 1.82) is 0 Å². The van der Waals surface area contributed by atoms with E-state index in [2.05, 4.69) is 0 Å². The number of alkyl halides is 2. The maximum absolute atomic E-state index is 11.1. The van der Waals surface area contributed by atoms with Gasteiger partial charge in [0.05, 0.1) is 0 Å². The van der Waals surface area contributed by atoms with Gasteiger partial charge in [0.1, 0.15) is 11.2 Å². The molecule has 0 aromatic rings. The predicted molar refractivity (Wildman–Crippen MR) is 47.0 cm³/mol. The van der Waals surface area contributed by atoms with Crippen LogP contribution in [-0.2, 0) is 9.53 Å². The number of halogens is 2. The summed E-state index contributed by atoms with van der Waals surface area (Å²) in [6, 6.07) is 0. The van der Waals surface area contributed by atoms with E-state index in [1.807, 2.05) is 0 Å². The molecule has 70 valence electrons. The van der Waals surface area contributed by atoms with Gasteiger partial charge in [0, 0.05) is 6.92 Å². The van der Waals surface area contributed by atoms with Crippen molar-refractivity contribution in [3.05, 3.63) is 0 Å². The highest BCUT2D eigenvalue weighted by molar-refractivity contribution is 6.30. The maximum atomic E-state index is 11.1. The number of amides is 1.